The molecule has 1 rings (SSSR count). The van der Waals surface area contributed by atoms with Gasteiger partial charge in [0, 0.05) is 13.1 Å². The molecule has 0 amide bonds. The second kappa shape index (κ2) is 5.24. The summed E-state index contributed by atoms with van der Waals surface area (Å²) in [5.41, 5.74) is -0.132. The summed E-state index contributed by atoms with van der Waals surface area (Å²) in [5.74, 6) is 0.285. The van der Waals surface area contributed by atoms with E-state index >= 15 is 0 Å². The molecule has 2 atom stereocenters. The molecule has 0 aromatic rings. The highest BCUT2D eigenvalue weighted by Gasteiger charge is 2.30. The Balaban J connectivity index is 2.57. The summed E-state index contributed by atoms with van der Waals surface area (Å²) in [5, 5.41) is 10.1. The molecule has 0 spiro atoms. The van der Waals surface area contributed by atoms with Gasteiger partial charge in [0.15, 0.2) is 0 Å². The summed E-state index contributed by atoms with van der Waals surface area (Å²) in [6.07, 6.45) is 3.49. The summed E-state index contributed by atoms with van der Waals surface area (Å²) < 4.78 is 24.5. The van der Waals surface area contributed by atoms with E-state index in [4.69, 9.17) is 0 Å². The molecule has 4 nitrogen and oxygen atoms in total. The van der Waals surface area contributed by atoms with Gasteiger partial charge in [-0.1, -0.05) is 20.8 Å². The lowest BCUT2D eigenvalue weighted by molar-refractivity contribution is 0.0332. The van der Waals surface area contributed by atoms with E-state index in [2.05, 4.69) is 0 Å². The molecule has 1 aliphatic heterocycles. The Hall–Kier alpha value is -0.130. The molecule has 5 heteroatoms. The Morgan fingerprint density at radius 3 is 2.47 bits per heavy atom. The molecule has 1 saturated heterocycles. The molecule has 0 bridgehead atoms. The van der Waals surface area contributed by atoms with Crippen molar-refractivity contribution in [1.82, 2.24) is 4.31 Å². The van der Waals surface area contributed by atoms with Crippen LogP contribution < -0.4 is 0 Å². The van der Waals surface area contributed by atoms with Crippen molar-refractivity contribution >= 4 is 10.0 Å². The molecule has 1 aliphatic rings. The number of nitrogens with zero attached hydrogens (tertiary/aromatic N) is 1. The minimum absolute atomic E-state index is 0.132. The third-order valence-electron chi connectivity index (χ3n) is 3.51. The maximum absolute atomic E-state index is 11.5. The molecule has 1 N–H and O–H groups in total. The maximum Gasteiger partial charge on any atom is 0.211 e. The minimum atomic E-state index is -3.08. The molecule has 0 aromatic heterocycles. The highest BCUT2D eigenvalue weighted by molar-refractivity contribution is 7.88. The molecular weight excluding hydrogens is 238 g/mol. The number of rotatable bonds is 3. The van der Waals surface area contributed by atoms with Gasteiger partial charge in [-0.05, 0) is 30.6 Å². The Labute approximate surface area is 105 Å². The Kier molecular flexibility index (Phi) is 4.60. The molecule has 0 aliphatic carbocycles. The van der Waals surface area contributed by atoms with E-state index in [0.717, 1.165) is 12.8 Å². The van der Waals surface area contributed by atoms with Crippen LogP contribution >= 0.6 is 0 Å². The average Bonchev–Trinajstić information content (AvgIpc) is 2.15. The van der Waals surface area contributed by atoms with Crippen LogP contribution in [0.25, 0.3) is 0 Å². The SMILES string of the molecule is CC(C)(C)C(O)CC1CCCN(S(C)(=O)=O)C1. The molecule has 0 radical (unpaired) electrons. The highest BCUT2D eigenvalue weighted by Crippen LogP contribution is 2.29. The average molecular weight is 263 g/mol. The van der Waals surface area contributed by atoms with E-state index in [1.807, 2.05) is 20.8 Å². The summed E-state index contributed by atoms with van der Waals surface area (Å²) >= 11 is 0. The lowest BCUT2D eigenvalue weighted by Crippen LogP contribution is -2.41. The fraction of sp³-hybridized carbons (Fsp3) is 1.00. The monoisotopic (exact) mass is 263 g/mol. The summed E-state index contributed by atoms with van der Waals surface area (Å²) in [6.45, 7) is 7.21. The van der Waals surface area contributed by atoms with Crippen LogP contribution in [0, 0.1) is 11.3 Å². The van der Waals surface area contributed by atoms with Gasteiger partial charge in [-0.25, -0.2) is 12.7 Å². The lowest BCUT2D eigenvalue weighted by Gasteiger charge is -2.35. The van der Waals surface area contributed by atoms with E-state index in [0.29, 0.717) is 19.5 Å². The van der Waals surface area contributed by atoms with Crippen molar-refractivity contribution in [3.8, 4) is 0 Å². The number of hydrogen-bond acceptors (Lipinski definition) is 3. The first-order valence-corrected chi connectivity index (χ1v) is 8.08. The van der Waals surface area contributed by atoms with Crippen molar-refractivity contribution in [2.24, 2.45) is 11.3 Å². The van der Waals surface area contributed by atoms with Crippen molar-refractivity contribution in [3.63, 3.8) is 0 Å². The molecular formula is C12H25NO3S. The minimum Gasteiger partial charge on any atom is -0.393 e. The predicted molar refractivity (Wildman–Crippen MR) is 69.2 cm³/mol. The normalized spacial score (nSPS) is 25.8. The Morgan fingerprint density at radius 1 is 1.41 bits per heavy atom. The first-order valence-electron chi connectivity index (χ1n) is 6.24. The molecule has 2 unspecified atom stereocenters. The third kappa shape index (κ3) is 4.56. The zero-order valence-corrected chi connectivity index (χ0v) is 12.1. The van der Waals surface area contributed by atoms with Crippen LogP contribution in [0.4, 0.5) is 0 Å². The van der Waals surface area contributed by atoms with Crippen LogP contribution in [-0.4, -0.2) is 43.3 Å². The number of hydrogen-bond donors (Lipinski definition) is 1. The van der Waals surface area contributed by atoms with Gasteiger partial charge in [0.05, 0.1) is 12.4 Å². The maximum atomic E-state index is 11.5. The smallest absolute Gasteiger partial charge is 0.211 e. The van der Waals surface area contributed by atoms with Crippen LogP contribution in [0.5, 0.6) is 0 Å². The van der Waals surface area contributed by atoms with Crippen LogP contribution in [0.15, 0.2) is 0 Å². The summed E-state index contributed by atoms with van der Waals surface area (Å²) in [4.78, 5) is 0. The van der Waals surface area contributed by atoms with Crippen LogP contribution in [0.3, 0.4) is 0 Å². The second-order valence-corrected chi connectivity index (χ2v) is 8.23. The van der Waals surface area contributed by atoms with Crippen molar-refractivity contribution < 1.29 is 13.5 Å². The first-order chi connectivity index (χ1) is 7.60. The highest BCUT2D eigenvalue weighted by atomic mass is 32.2. The molecule has 17 heavy (non-hydrogen) atoms. The van der Waals surface area contributed by atoms with Gasteiger partial charge >= 0.3 is 0 Å². The predicted octanol–water partition coefficient (Wildman–Crippen LogP) is 1.46. The van der Waals surface area contributed by atoms with Crippen LogP contribution in [0.2, 0.25) is 0 Å². The Bertz CT molecular complexity index is 345. The largest absolute Gasteiger partial charge is 0.393 e. The number of aliphatic hydroxyl groups is 1. The Morgan fingerprint density at radius 2 is 2.00 bits per heavy atom. The fourth-order valence-corrected chi connectivity index (χ4v) is 3.13. The van der Waals surface area contributed by atoms with Crippen molar-refractivity contribution in [2.75, 3.05) is 19.3 Å². The molecule has 1 heterocycles. The molecule has 0 saturated carbocycles. The second-order valence-electron chi connectivity index (χ2n) is 6.25. The summed E-state index contributed by atoms with van der Waals surface area (Å²) in [6, 6.07) is 0. The standard InChI is InChI=1S/C12H25NO3S/c1-12(2,3)11(14)8-10-6-5-7-13(9-10)17(4,15)16/h10-11,14H,5-9H2,1-4H3. The number of aliphatic hydroxyl groups excluding tert-OH is 1. The van der Waals surface area contributed by atoms with E-state index in [1.165, 1.54) is 10.6 Å². The lowest BCUT2D eigenvalue weighted by atomic mass is 9.82. The van der Waals surface area contributed by atoms with E-state index in [-0.39, 0.29) is 17.4 Å². The van der Waals surface area contributed by atoms with Gasteiger partial charge in [-0.15, -0.1) is 0 Å². The fourth-order valence-electron chi connectivity index (χ4n) is 2.19. The van der Waals surface area contributed by atoms with Crippen molar-refractivity contribution in [3.05, 3.63) is 0 Å². The van der Waals surface area contributed by atoms with Crippen LogP contribution in [0.1, 0.15) is 40.0 Å². The van der Waals surface area contributed by atoms with Gasteiger partial charge in [0.25, 0.3) is 0 Å². The first kappa shape index (κ1) is 14.9. The topological polar surface area (TPSA) is 57.6 Å². The van der Waals surface area contributed by atoms with Gasteiger partial charge in [0.1, 0.15) is 0 Å². The zero-order valence-electron chi connectivity index (χ0n) is 11.3. The van der Waals surface area contributed by atoms with E-state index in [9.17, 15) is 13.5 Å². The zero-order chi connectivity index (χ0) is 13.3. The number of sulfonamides is 1. The van der Waals surface area contributed by atoms with E-state index in [1.54, 1.807) is 0 Å². The van der Waals surface area contributed by atoms with Crippen molar-refractivity contribution in [2.45, 2.75) is 46.1 Å². The quantitative estimate of drug-likeness (QED) is 0.838. The number of piperidine rings is 1. The van der Waals surface area contributed by atoms with E-state index < -0.39 is 10.0 Å². The van der Waals surface area contributed by atoms with Crippen molar-refractivity contribution in [1.29, 1.82) is 0 Å². The van der Waals surface area contributed by atoms with Gasteiger partial charge in [-0.3, -0.25) is 0 Å². The molecule has 1 fully saturated rings. The van der Waals surface area contributed by atoms with Gasteiger partial charge in [-0.2, -0.15) is 0 Å². The molecule has 0 aromatic carbocycles. The summed E-state index contributed by atoms with van der Waals surface area (Å²) in [7, 11) is -3.08. The molecule has 102 valence electrons. The third-order valence-corrected chi connectivity index (χ3v) is 4.78. The van der Waals surface area contributed by atoms with Gasteiger partial charge < -0.3 is 5.11 Å². The van der Waals surface area contributed by atoms with Crippen LogP contribution in [-0.2, 0) is 10.0 Å². The van der Waals surface area contributed by atoms with Gasteiger partial charge in [0.2, 0.25) is 10.0 Å².